The number of benzene rings is 1. The summed E-state index contributed by atoms with van der Waals surface area (Å²) in [4.78, 5) is 26.3. The second-order valence-corrected chi connectivity index (χ2v) is 6.56. The summed E-state index contributed by atoms with van der Waals surface area (Å²) in [5.41, 5.74) is 0.692. The van der Waals surface area contributed by atoms with Gasteiger partial charge in [0.25, 0.3) is 0 Å². The molecule has 1 aromatic rings. The van der Waals surface area contributed by atoms with Gasteiger partial charge in [0.2, 0.25) is 5.91 Å². The molecule has 0 aliphatic carbocycles. The van der Waals surface area contributed by atoms with Gasteiger partial charge in [0.1, 0.15) is 0 Å². The molecule has 22 heavy (non-hydrogen) atoms. The van der Waals surface area contributed by atoms with E-state index in [1.807, 2.05) is 30.1 Å². The highest BCUT2D eigenvalue weighted by Gasteiger charge is 2.36. The van der Waals surface area contributed by atoms with E-state index in [1.54, 1.807) is 12.1 Å². The Labute approximate surface area is 131 Å². The lowest BCUT2D eigenvalue weighted by Gasteiger charge is -2.35. The van der Waals surface area contributed by atoms with Gasteiger partial charge in [-0.15, -0.1) is 0 Å². The van der Waals surface area contributed by atoms with Crippen LogP contribution in [0.25, 0.3) is 0 Å². The molecule has 4 heteroatoms. The molecule has 0 radical (unpaired) electrons. The van der Waals surface area contributed by atoms with Gasteiger partial charge in [-0.25, -0.2) is 0 Å². The zero-order valence-electron chi connectivity index (χ0n) is 13.1. The Kier molecular flexibility index (Phi) is 4.57. The summed E-state index contributed by atoms with van der Waals surface area (Å²) < 4.78 is 0. The standard InChI is InChI=1S/C18H24N2O2/c1-20(16-11-14-7-8-15(12-16)19-14)18(22)10-9-17(21)13-5-3-2-4-6-13/h2-6,14-16,19H,7-12H2,1H3. The van der Waals surface area contributed by atoms with Crippen molar-refractivity contribution < 1.29 is 9.59 Å². The minimum absolute atomic E-state index is 0.0488. The van der Waals surface area contributed by atoms with Gasteiger partial charge in [0, 0.05) is 43.6 Å². The van der Waals surface area contributed by atoms with E-state index >= 15 is 0 Å². The summed E-state index contributed by atoms with van der Waals surface area (Å²) in [5.74, 6) is 0.142. The van der Waals surface area contributed by atoms with Crippen molar-refractivity contribution in [1.29, 1.82) is 0 Å². The maximum Gasteiger partial charge on any atom is 0.223 e. The molecule has 0 spiro atoms. The van der Waals surface area contributed by atoms with Gasteiger partial charge in [-0.05, 0) is 25.7 Å². The molecule has 0 aromatic heterocycles. The van der Waals surface area contributed by atoms with Gasteiger partial charge >= 0.3 is 0 Å². The largest absolute Gasteiger partial charge is 0.343 e. The molecule has 2 aliphatic heterocycles. The maximum absolute atomic E-state index is 12.4. The summed E-state index contributed by atoms with van der Waals surface area (Å²) in [6.45, 7) is 0. The van der Waals surface area contributed by atoms with Crippen LogP contribution in [-0.2, 0) is 4.79 Å². The van der Waals surface area contributed by atoms with Crippen molar-refractivity contribution in [1.82, 2.24) is 10.2 Å². The number of piperidine rings is 1. The minimum atomic E-state index is 0.0488. The first kappa shape index (κ1) is 15.2. The van der Waals surface area contributed by atoms with Crippen LogP contribution in [0.2, 0.25) is 0 Å². The molecule has 1 N–H and O–H groups in total. The fraction of sp³-hybridized carbons (Fsp3) is 0.556. The first-order valence-electron chi connectivity index (χ1n) is 8.23. The molecule has 2 unspecified atom stereocenters. The second kappa shape index (κ2) is 6.61. The van der Waals surface area contributed by atoms with Crippen molar-refractivity contribution in [2.24, 2.45) is 0 Å². The van der Waals surface area contributed by atoms with Crippen molar-refractivity contribution in [3.8, 4) is 0 Å². The topological polar surface area (TPSA) is 49.4 Å². The predicted octanol–water partition coefficient (Wildman–Crippen LogP) is 2.39. The third-order valence-electron chi connectivity index (χ3n) is 5.05. The highest BCUT2D eigenvalue weighted by molar-refractivity contribution is 5.97. The summed E-state index contributed by atoms with van der Waals surface area (Å²) >= 11 is 0. The van der Waals surface area contributed by atoms with E-state index in [4.69, 9.17) is 0 Å². The second-order valence-electron chi connectivity index (χ2n) is 6.56. The van der Waals surface area contributed by atoms with E-state index in [2.05, 4.69) is 5.32 Å². The van der Waals surface area contributed by atoms with Crippen LogP contribution in [0.15, 0.2) is 30.3 Å². The molecule has 2 bridgehead atoms. The number of carbonyl (C=O) groups is 2. The number of ketones is 1. The van der Waals surface area contributed by atoms with Gasteiger partial charge in [-0.1, -0.05) is 30.3 Å². The molecule has 1 amide bonds. The Bertz CT molecular complexity index is 531. The SMILES string of the molecule is CN(C(=O)CCC(=O)c1ccccc1)C1CC2CCC(C1)N2. The number of rotatable bonds is 5. The Morgan fingerprint density at radius 3 is 2.36 bits per heavy atom. The summed E-state index contributed by atoms with van der Waals surface area (Å²) in [5, 5.41) is 3.59. The molecule has 3 rings (SSSR count). The summed E-state index contributed by atoms with van der Waals surface area (Å²) in [6, 6.07) is 10.7. The Morgan fingerprint density at radius 1 is 1.09 bits per heavy atom. The van der Waals surface area contributed by atoms with Crippen LogP contribution >= 0.6 is 0 Å². The van der Waals surface area contributed by atoms with Crippen LogP contribution in [0.4, 0.5) is 0 Å². The molecular formula is C18H24N2O2. The molecule has 118 valence electrons. The maximum atomic E-state index is 12.4. The summed E-state index contributed by atoms with van der Waals surface area (Å²) in [6.07, 6.45) is 5.16. The Morgan fingerprint density at radius 2 is 1.73 bits per heavy atom. The monoisotopic (exact) mass is 300 g/mol. The molecule has 4 nitrogen and oxygen atoms in total. The molecule has 0 saturated carbocycles. The number of fused-ring (bicyclic) bond motifs is 2. The van der Waals surface area contributed by atoms with E-state index in [9.17, 15) is 9.59 Å². The van der Waals surface area contributed by atoms with Gasteiger partial charge in [0.05, 0.1) is 0 Å². The number of carbonyl (C=O) groups excluding carboxylic acids is 2. The molecule has 2 saturated heterocycles. The molecular weight excluding hydrogens is 276 g/mol. The number of Topliss-reactive ketones (excluding diaryl/α,β-unsaturated/α-hetero) is 1. The van der Waals surface area contributed by atoms with Crippen LogP contribution in [0.5, 0.6) is 0 Å². The number of nitrogens with one attached hydrogen (secondary N) is 1. The van der Waals surface area contributed by atoms with E-state index in [0.29, 0.717) is 36.5 Å². The van der Waals surface area contributed by atoms with E-state index in [-0.39, 0.29) is 11.7 Å². The molecule has 2 fully saturated rings. The number of hydrogen-bond donors (Lipinski definition) is 1. The van der Waals surface area contributed by atoms with Gasteiger partial charge < -0.3 is 10.2 Å². The van der Waals surface area contributed by atoms with Gasteiger partial charge in [-0.3, -0.25) is 9.59 Å². The van der Waals surface area contributed by atoms with Crippen LogP contribution < -0.4 is 5.32 Å². The molecule has 1 aromatic carbocycles. The van der Waals surface area contributed by atoms with Crippen LogP contribution in [-0.4, -0.2) is 41.8 Å². The third-order valence-corrected chi connectivity index (χ3v) is 5.05. The van der Waals surface area contributed by atoms with Crippen LogP contribution in [0.1, 0.15) is 48.9 Å². The normalized spacial score (nSPS) is 26.7. The van der Waals surface area contributed by atoms with E-state index in [1.165, 1.54) is 12.8 Å². The fourth-order valence-corrected chi connectivity index (χ4v) is 3.71. The van der Waals surface area contributed by atoms with Crippen molar-refractivity contribution >= 4 is 11.7 Å². The molecule has 2 atom stereocenters. The van der Waals surface area contributed by atoms with Crippen LogP contribution in [0, 0.1) is 0 Å². The van der Waals surface area contributed by atoms with Crippen molar-refractivity contribution in [3.63, 3.8) is 0 Å². The smallest absolute Gasteiger partial charge is 0.223 e. The lowest BCUT2D eigenvalue weighted by Crippen LogP contribution is -2.48. The summed E-state index contributed by atoms with van der Waals surface area (Å²) in [7, 11) is 1.89. The molecule has 2 heterocycles. The highest BCUT2D eigenvalue weighted by atomic mass is 16.2. The number of hydrogen-bond acceptors (Lipinski definition) is 3. The van der Waals surface area contributed by atoms with Gasteiger partial charge in [0.15, 0.2) is 5.78 Å². The number of amides is 1. The van der Waals surface area contributed by atoms with Crippen LogP contribution in [0.3, 0.4) is 0 Å². The molecule has 2 aliphatic rings. The predicted molar refractivity (Wildman–Crippen MR) is 85.7 cm³/mol. The van der Waals surface area contributed by atoms with Crippen molar-refractivity contribution in [2.75, 3.05) is 7.05 Å². The van der Waals surface area contributed by atoms with Gasteiger partial charge in [-0.2, -0.15) is 0 Å². The van der Waals surface area contributed by atoms with Crippen molar-refractivity contribution in [3.05, 3.63) is 35.9 Å². The third kappa shape index (κ3) is 3.38. The Balaban J connectivity index is 1.50. The van der Waals surface area contributed by atoms with E-state index in [0.717, 1.165) is 12.8 Å². The average molecular weight is 300 g/mol. The lowest BCUT2D eigenvalue weighted by molar-refractivity contribution is -0.132. The minimum Gasteiger partial charge on any atom is -0.343 e. The zero-order valence-corrected chi connectivity index (χ0v) is 13.1. The fourth-order valence-electron chi connectivity index (χ4n) is 3.71. The average Bonchev–Trinajstić information content (AvgIpc) is 2.90. The Hall–Kier alpha value is -1.68. The van der Waals surface area contributed by atoms with E-state index < -0.39 is 0 Å². The lowest BCUT2D eigenvalue weighted by atomic mass is 9.98. The first-order valence-corrected chi connectivity index (χ1v) is 8.23. The van der Waals surface area contributed by atoms with Crippen molar-refractivity contribution in [2.45, 2.75) is 56.7 Å². The number of nitrogens with zero attached hydrogens (tertiary/aromatic N) is 1. The first-order chi connectivity index (χ1) is 10.6. The quantitative estimate of drug-likeness (QED) is 0.850. The highest BCUT2D eigenvalue weighted by Crippen LogP contribution is 2.29. The zero-order chi connectivity index (χ0) is 15.5.